The minimum atomic E-state index is 0.0768. The number of nitrogens with zero attached hydrogens (tertiary/aromatic N) is 5. The van der Waals surface area contributed by atoms with Crippen LogP contribution in [0.5, 0.6) is 0 Å². The van der Waals surface area contributed by atoms with Crippen LogP contribution in [0.25, 0.3) is 27.5 Å². The minimum absolute atomic E-state index is 0.0768. The molecule has 3 saturated heterocycles. The van der Waals surface area contributed by atoms with Gasteiger partial charge in [-0.2, -0.15) is 5.10 Å². The Kier molecular flexibility index (Phi) is 4.54. The Morgan fingerprint density at radius 2 is 2.13 bits per heavy atom. The van der Waals surface area contributed by atoms with Gasteiger partial charge in [-0.1, -0.05) is 6.07 Å². The Hall–Kier alpha value is -3.10. The van der Waals surface area contributed by atoms with Gasteiger partial charge in [-0.25, -0.2) is 9.50 Å². The number of piperidine rings is 1. The molecular formula is C23H22N6OS. The van der Waals surface area contributed by atoms with Crippen molar-refractivity contribution in [2.75, 3.05) is 19.6 Å². The quantitative estimate of drug-likeness (QED) is 0.540. The van der Waals surface area contributed by atoms with E-state index in [4.69, 9.17) is 4.98 Å². The second kappa shape index (κ2) is 7.55. The molecule has 3 aliphatic rings. The molecular weight excluding hydrogens is 408 g/mol. The maximum Gasteiger partial charge on any atom is 0.254 e. The van der Waals surface area contributed by atoms with Crippen LogP contribution >= 0.6 is 11.3 Å². The van der Waals surface area contributed by atoms with Crippen molar-refractivity contribution in [3.63, 3.8) is 0 Å². The van der Waals surface area contributed by atoms with Gasteiger partial charge in [0.05, 0.1) is 28.0 Å². The van der Waals surface area contributed by atoms with Gasteiger partial charge < -0.3 is 10.2 Å². The van der Waals surface area contributed by atoms with E-state index in [2.05, 4.69) is 21.5 Å². The van der Waals surface area contributed by atoms with E-state index in [1.165, 1.54) is 6.42 Å². The molecule has 1 unspecified atom stereocenters. The summed E-state index contributed by atoms with van der Waals surface area (Å²) in [6, 6.07) is 10.1. The van der Waals surface area contributed by atoms with Gasteiger partial charge in [0.2, 0.25) is 0 Å². The summed E-state index contributed by atoms with van der Waals surface area (Å²) in [7, 11) is 0. The molecule has 7 rings (SSSR count). The van der Waals surface area contributed by atoms with Crippen LogP contribution in [0, 0.1) is 5.92 Å². The normalized spacial score (nSPS) is 20.8. The van der Waals surface area contributed by atoms with Crippen molar-refractivity contribution in [3.05, 3.63) is 59.9 Å². The Bertz CT molecular complexity index is 1230. The van der Waals surface area contributed by atoms with E-state index in [0.29, 0.717) is 23.2 Å². The molecule has 0 radical (unpaired) electrons. The lowest BCUT2D eigenvalue weighted by molar-refractivity contribution is 0.0748. The molecule has 156 valence electrons. The molecule has 0 spiro atoms. The second-order valence-corrected chi connectivity index (χ2v) is 9.25. The first-order valence-corrected chi connectivity index (χ1v) is 11.5. The molecule has 1 amide bonds. The van der Waals surface area contributed by atoms with Gasteiger partial charge in [0.1, 0.15) is 0 Å². The van der Waals surface area contributed by atoms with Crippen LogP contribution in [-0.4, -0.2) is 56.1 Å². The Labute approximate surface area is 183 Å². The van der Waals surface area contributed by atoms with Crippen LogP contribution in [0.15, 0.2) is 54.3 Å². The standard InChI is InChI=1S/C23H22N6OS/c30-23(28-13-15-3-4-17(14-28)25-11-15)16-5-7-24-20(10-16)18-12-26-29-8-6-19(27-22(18)29)21-2-1-9-31-21/h1-2,5-10,12,15,17,25H,3-4,11,13-14H2/t15?,17-/m0/s1. The maximum atomic E-state index is 13.3. The molecule has 4 aromatic heterocycles. The molecule has 8 heteroatoms. The fourth-order valence-corrected chi connectivity index (χ4v) is 5.30. The van der Waals surface area contributed by atoms with Gasteiger partial charge >= 0.3 is 0 Å². The van der Waals surface area contributed by atoms with E-state index >= 15 is 0 Å². The molecule has 1 N–H and O–H groups in total. The fraction of sp³-hybridized carbons (Fsp3) is 0.304. The first-order chi connectivity index (χ1) is 15.2. The average molecular weight is 431 g/mol. The van der Waals surface area contributed by atoms with Crippen molar-refractivity contribution in [1.82, 2.24) is 29.8 Å². The van der Waals surface area contributed by atoms with Crippen molar-refractivity contribution in [1.29, 1.82) is 0 Å². The van der Waals surface area contributed by atoms with Crippen LogP contribution in [0.4, 0.5) is 0 Å². The van der Waals surface area contributed by atoms with E-state index in [0.717, 1.165) is 47.8 Å². The average Bonchev–Trinajstić information content (AvgIpc) is 3.40. The third-order valence-electron chi connectivity index (χ3n) is 6.25. The summed E-state index contributed by atoms with van der Waals surface area (Å²) >= 11 is 1.66. The highest BCUT2D eigenvalue weighted by atomic mass is 32.1. The number of carbonyl (C=O) groups excluding carboxylic acids is 1. The van der Waals surface area contributed by atoms with Crippen molar-refractivity contribution >= 4 is 22.9 Å². The van der Waals surface area contributed by atoms with Crippen molar-refractivity contribution in [2.45, 2.75) is 18.9 Å². The fourth-order valence-electron chi connectivity index (χ4n) is 4.61. The molecule has 0 saturated carbocycles. The summed E-state index contributed by atoms with van der Waals surface area (Å²) < 4.78 is 1.75. The first kappa shape index (κ1) is 18.7. The number of aromatic nitrogens is 4. The zero-order valence-electron chi connectivity index (χ0n) is 16.9. The number of pyridine rings is 1. The lowest BCUT2D eigenvalue weighted by Crippen LogP contribution is -2.40. The van der Waals surface area contributed by atoms with Gasteiger partial charge in [0, 0.05) is 37.1 Å². The van der Waals surface area contributed by atoms with Gasteiger partial charge in [-0.3, -0.25) is 9.78 Å². The molecule has 0 aromatic carbocycles. The summed E-state index contributed by atoms with van der Waals surface area (Å²) in [5.74, 6) is 0.622. The summed E-state index contributed by atoms with van der Waals surface area (Å²) in [5, 5.41) is 10.0. The number of hydrogen-bond acceptors (Lipinski definition) is 6. The highest BCUT2D eigenvalue weighted by Crippen LogP contribution is 2.28. The Balaban J connectivity index is 1.35. The van der Waals surface area contributed by atoms with Gasteiger partial charge in [-0.05, 0) is 54.9 Å². The molecule has 2 atom stereocenters. The smallest absolute Gasteiger partial charge is 0.254 e. The largest absolute Gasteiger partial charge is 0.337 e. The number of carbonyl (C=O) groups is 1. The highest BCUT2D eigenvalue weighted by molar-refractivity contribution is 7.13. The van der Waals surface area contributed by atoms with Crippen molar-refractivity contribution in [3.8, 4) is 21.8 Å². The molecule has 3 fully saturated rings. The zero-order chi connectivity index (χ0) is 20.8. The molecule has 3 aliphatic heterocycles. The van der Waals surface area contributed by atoms with Gasteiger partial charge in [0.25, 0.3) is 5.91 Å². The summed E-state index contributed by atoms with van der Waals surface area (Å²) in [4.78, 5) is 25.8. The van der Waals surface area contributed by atoms with Crippen LogP contribution in [0.1, 0.15) is 23.2 Å². The zero-order valence-corrected chi connectivity index (χ0v) is 17.8. The Morgan fingerprint density at radius 3 is 2.97 bits per heavy atom. The summed E-state index contributed by atoms with van der Waals surface area (Å²) in [6.07, 6.45) is 7.74. The second-order valence-electron chi connectivity index (χ2n) is 8.30. The number of nitrogens with one attached hydrogen (secondary N) is 1. The van der Waals surface area contributed by atoms with Crippen LogP contribution < -0.4 is 5.32 Å². The lowest BCUT2D eigenvalue weighted by Gasteiger charge is -2.23. The summed E-state index contributed by atoms with van der Waals surface area (Å²) in [6.45, 7) is 2.61. The van der Waals surface area contributed by atoms with Gasteiger partial charge in [0.15, 0.2) is 5.65 Å². The first-order valence-electron chi connectivity index (χ1n) is 10.6. The lowest BCUT2D eigenvalue weighted by atomic mass is 9.97. The predicted molar refractivity (Wildman–Crippen MR) is 120 cm³/mol. The topological polar surface area (TPSA) is 75.4 Å². The van der Waals surface area contributed by atoms with E-state index in [-0.39, 0.29) is 5.91 Å². The van der Waals surface area contributed by atoms with Crippen molar-refractivity contribution in [2.24, 2.45) is 5.92 Å². The van der Waals surface area contributed by atoms with E-state index < -0.39 is 0 Å². The predicted octanol–water partition coefficient (Wildman–Crippen LogP) is 3.34. The molecule has 7 nitrogen and oxygen atoms in total. The molecule has 31 heavy (non-hydrogen) atoms. The Morgan fingerprint density at radius 1 is 1.16 bits per heavy atom. The number of hydrogen-bond donors (Lipinski definition) is 1. The van der Waals surface area contributed by atoms with E-state index in [9.17, 15) is 4.79 Å². The summed E-state index contributed by atoms with van der Waals surface area (Å²) in [5.41, 5.74) is 3.85. The van der Waals surface area contributed by atoms with Gasteiger partial charge in [-0.15, -0.1) is 11.3 Å². The third-order valence-corrected chi connectivity index (χ3v) is 7.14. The third kappa shape index (κ3) is 3.41. The highest BCUT2D eigenvalue weighted by Gasteiger charge is 2.31. The number of rotatable bonds is 3. The van der Waals surface area contributed by atoms with E-state index in [1.807, 2.05) is 40.7 Å². The van der Waals surface area contributed by atoms with Crippen molar-refractivity contribution < 1.29 is 4.79 Å². The molecule has 4 aromatic rings. The SMILES string of the molecule is O=C(c1ccnc(-c2cnn3ccc(-c4cccs4)nc23)c1)N1CC2CC[C@@H](C1)NC2. The van der Waals surface area contributed by atoms with Crippen LogP contribution in [-0.2, 0) is 0 Å². The minimum Gasteiger partial charge on any atom is -0.337 e. The molecule has 0 aliphatic carbocycles. The monoisotopic (exact) mass is 430 g/mol. The number of amides is 1. The van der Waals surface area contributed by atoms with Crippen LogP contribution in [0.3, 0.4) is 0 Å². The van der Waals surface area contributed by atoms with E-state index in [1.54, 1.807) is 28.2 Å². The molecule has 7 heterocycles. The number of fused-ring (bicyclic) bond motifs is 5. The molecule has 2 bridgehead atoms. The maximum absolute atomic E-state index is 13.3. The van der Waals surface area contributed by atoms with Crippen LogP contribution in [0.2, 0.25) is 0 Å². The number of thiophene rings is 1.